The molecule has 4 rings (SSSR count). The Morgan fingerprint density at radius 1 is 0.913 bits per heavy atom. The van der Waals surface area contributed by atoms with E-state index in [1.807, 2.05) is 80.6 Å². The molecule has 0 aliphatic carbocycles. The van der Waals surface area contributed by atoms with Crippen LogP contribution in [0.25, 0.3) is 6.08 Å². The number of ether oxygens (including phenoxy) is 2. The van der Waals surface area contributed by atoms with Gasteiger partial charge in [0.1, 0.15) is 5.75 Å². The Balaban J connectivity index is 1.89. The Morgan fingerprint density at radius 2 is 1.61 bits per heavy atom. The van der Waals surface area contributed by atoms with Gasteiger partial charge in [0.15, 0.2) is 5.60 Å². The molecule has 1 fully saturated rings. The van der Waals surface area contributed by atoms with E-state index in [9.17, 15) is 4.79 Å². The number of fused-ring (bicyclic) bond motifs is 1. The molecule has 0 bridgehead atoms. The van der Waals surface area contributed by atoms with Gasteiger partial charge in [0.2, 0.25) is 0 Å². The van der Waals surface area contributed by atoms with Crippen LogP contribution in [0.1, 0.15) is 19.4 Å². The molecule has 1 unspecified atom stereocenters. The third-order valence-corrected chi connectivity index (χ3v) is 4.41. The molecule has 0 saturated carbocycles. The number of carbonyl (C=O) groups is 1. The van der Waals surface area contributed by atoms with Gasteiger partial charge in [0.05, 0.1) is 5.69 Å². The third-order valence-electron chi connectivity index (χ3n) is 4.41. The second-order valence-electron chi connectivity index (χ2n) is 6.22. The number of carbonyl (C=O) groups excluding carboxylic acids is 1. The standard InChI is InChI=1S/C19H17NO3/c1-18(2)19(13-12-14-8-6-7-11-16(14)22-19)20(17(21)23-18)15-9-4-3-5-10-15/h3-13H,1-2H3. The fraction of sp³-hybridized carbons (Fsp3) is 0.211. The van der Waals surface area contributed by atoms with Gasteiger partial charge in [-0.05, 0) is 44.2 Å². The fourth-order valence-electron chi connectivity index (χ4n) is 3.18. The number of rotatable bonds is 1. The third kappa shape index (κ3) is 1.88. The number of benzene rings is 2. The van der Waals surface area contributed by atoms with Crippen LogP contribution in [0, 0.1) is 0 Å². The number of para-hydroxylation sites is 2. The van der Waals surface area contributed by atoms with Crippen molar-refractivity contribution in [2.24, 2.45) is 0 Å². The molecule has 1 saturated heterocycles. The van der Waals surface area contributed by atoms with Gasteiger partial charge in [-0.1, -0.05) is 36.4 Å². The molecule has 0 N–H and O–H groups in total. The molecular formula is C19H17NO3. The monoisotopic (exact) mass is 307 g/mol. The van der Waals surface area contributed by atoms with Crippen LogP contribution in [-0.4, -0.2) is 17.4 Å². The van der Waals surface area contributed by atoms with E-state index in [4.69, 9.17) is 9.47 Å². The molecule has 2 aliphatic rings. The highest BCUT2D eigenvalue weighted by atomic mass is 16.6. The quantitative estimate of drug-likeness (QED) is 0.791. The zero-order valence-electron chi connectivity index (χ0n) is 13.0. The summed E-state index contributed by atoms with van der Waals surface area (Å²) < 4.78 is 12.0. The van der Waals surface area contributed by atoms with E-state index in [1.54, 1.807) is 4.90 Å². The summed E-state index contributed by atoms with van der Waals surface area (Å²) in [5.41, 5.74) is -0.114. The van der Waals surface area contributed by atoms with Crippen LogP contribution in [0.5, 0.6) is 5.75 Å². The van der Waals surface area contributed by atoms with Crippen molar-refractivity contribution in [3.8, 4) is 5.75 Å². The van der Waals surface area contributed by atoms with Crippen LogP contribution in [0.4, 0.5) is 10.5 Å². The average molecular weight is 307 g/mol. The lowest BCUT2D eigenvalue weighted by Crippen LogP contribution is -2.60. The maximum absolute atomic E-state index is 12.6. The van der Waals surface area contributed by atoms with Gasteiger partial charge in [0.25, 0.3) is 5.72 Å². The number of nitrogens with zero attached hydrogens (tertiary/aromatic N) is 1. The topological polar surface area (TPSA) is 38.8 Å². The van der Waals surface area contributed by atoms with Gasteiger partial charge >= 0.3 is 6.09 Å². The molecular weight excluding hydrogens is 290 g/mol. The molecule has 2 aliphatic heterocycles. The van der Waals surface area contributed by atoms with Gasteiger partial charge in [-0.3, -0.25) is 0 Å². The number of hydrogen-bond acceptors (Lipinski definition) is 3. The smallest absolute Gasteiger partial charge is 0.418 e. The van der Waals surface area contributed by atoms with Gasteiger partial charge in [-0.15, -0.1) is 0 Å². The Kier molecular flexibility index (Phi) is 2.79. The number of anilines is 1. The van der Waals surface area contributed by atoms with Crippen LogP contribution in [0.15, 0.2) is 60.7 Å². The summed E-state index contributed by atoms with van der Waals surface area (Å²) in [5, 5.41) is 0. The number of hydrogen-bond donors (Lipinski definition) is 0. The predicted molar refractivity (Wildman–Crippen MR) is 88.3 cm³/mol. The molecule has 4 heteroatoms. The van der Waals surface area contributed by atoms with Gasteiger partial charge in [0, 0.05) is 5.56 Å². The maximum atomic E-state index is 12.6. The van der Waals surface area contributed by atoms with Gasteiger partial charge in [-0.25, -0.2) is 9.69 Å². The van der Waals surface area contributed by atoms with E-state index in [2.05, 4.69) is 0 Å². The van der Waals surface area contributed by atoms with Crippen molar-refractivity contribution in [1.29, 1.82) is 0 Å². The van der Waals surface area contributed by atoms with Crippen molar-refractivity contribution in [2.45, 2.75) is 25.2 Å². The first kappa shape index (κ1) is 13.9. The molecule has 1 amide bonds. The van der Waals surface area contributed by atoms with Crippen molar-refractivity contribution in [3.63, 3.8) is 0 Å². The van der Waals surface area contributed by atoms with Crippen LogP contribution in [0.3, 0.4) is 0 Å². The van der Waals surface area contributed by atoms with E-state index in [1.165, 1.54) is 0 Å². The minimum absolute atomic E-state index is 0.412. The normalized spacial score (nSPS) is 24.3. The minimum Gasteiger partial charge on any atom is -0.459 e. The highest BCUT2D eigenvalue weighted by Gasteiger charge is 2.63. The molecule has 2 heterocycles. The second kappa shape index (κ2) is 4.62. The lowest BCUT2D eigenvalue weighted by atomic mass is 9.90. The van der Waals surface area contributed by atoms with Crippen LogP contribution >= 0.6 is 0 Å². The van der Waals surface area contributed by atoms with Crippen LogP contribution in [-0.2, 0) is 4.74 Å². The van der Waals surface area contributed by atoms with Crippen molar-refractivity contribution >= 4 is 17.9 Å². The molecule has 2 aromatic rings. The fourth-order valence-corrected chi connectivity index (χ4v) is 3.18. The van der Waals surface area contributed by atoms with E-state index in [0.717, 1.165) is 17.0 Å². The highest BCUT2D eigenvalue weighted by Crippen LogP contribution is 2.47. The molecule has 0 radical (unpaired) electrons. The molecule has 0 aromatic heterocycles. The summed E-state index contributed by atoms with van der Waals surface area (Å²) in [6.07, 6.45) is 3.48. The van der Waals surface area contributed by atoms with E-state index < -0.39 is 17.4 Å². The van der Waals surface area contributed by atoms with Crippen molar-refractivity contribution in [3.05, 3.63) is 66.2 Å². The Bertz CT molecular complexity index is 797. The van der Waals surface area contributed by atoms with Crippen molar-refractivity contribution in [2.75, 3.05) is 4.90 Å². The zero-order valence-corrected chi connectivity index (χ0v) is 13.0. The number of amides is 1. The lowest BCUT2D eigenvalue weighted by Gasteiger charge is -2.42. The second-order valence-corrected chi connectivity index (χ2v) is 6.22. The van der Waals surface area contributed by atoms with Gasteiger partial charge in [-0.2, -0.15) is 0 Å². The molecule has 23 heavy (non-hydrogen) atoms. The summed E-state index contributed by atoms with van der Waals surface area (Å²) in [4.78, 5) is 14.1. The van der Waals surface area contributed by atoms with E-state index >= 15 is 0 Å². The molecule has 1 atom stereocenters. The summed E-state index contributed by atoms with van der Waals surface area (Å²) in [6, 6.07) is 17.2. The largest absolute Gasteiger partial charge is 0.459 e. The predicted octanol–water partition coefficient (Wildman–Crippen LogP) is 4.22. The first-order valence-electron chi connectivity index (χ1n) is 7.59. The first-order valence-corrected chi connectivity index (χ1v) is 7.59. The zero-order chi connectivity index (χ0) is 16.1. The molecule has 2 aromatic carbocycles. The lowest BCUT2D eigenvalue weighted by molar-refractivity contribution is -0.0379. The molecule has 1 spiro atoms. The van der Waals surface area contributed by atoms with Crippen LogP contribution in [0.2, 0.25) is 0 Å². The Morgan fingerprint density at radius 3 is 2.39 bits per heavy atom. The first-order chi connectivity index (χ1) is 11.0. The van der Waals surface area contributed by atoms with Crippen LogP contribution < -0.4 is 9.64 Å². The average Bonchev–Trinajstić information content (AvgIpc) is 2.73. The summed E-state index contributed by atoms with van der Waals surface area (Å²) in [6.45, 7) is 3.73. The number of cyclic esters (lactones) is 1. The molecule has 4 nitrogen and oxygen atoms in total. The summed E-state index contributed by atoms with van der Waals surface area (Å²) >= 11 is 0. The maximum Gasteiger partial charge on any atom is 0.418 e. The Labute approximate surface area is 134 Å². The summed E-state index contributed by atoms with van der Waals surface area (Å²) in [7, 11) is 0. The van der Waals surface area contributed by atoms with E-state index in [0.29, 0.717) is 0 Å². The van der Waals surface area contributed by atoms with E-state index in [-0.39, 0.29) is 0 Å². The minimum atomic E-state index is -1.01. The van der Waals surface area contributed by atoms with Crippen molar-refractivity contribution < 1.29 is 14.3 Å². The highest BCUT2D eigenvalue weighted by molar-refractivity contribution is 5.93. The van der Waals surface area contributed by atoms with Gasteiger partial charge < -0.3 is 9.47 Å². The Hall–Kier alpha value is -2.75. The van der Waals surface area contributed by atoms with Crippen molar-refractivity contribution in [1.82, 2.24) is 0 Å². The molecule has 116 valence electrons. The summed E-state index contributed by atoms with van der Waals surface area (Å²) in [5.74, 6) is 0.738. The SMILES string of the molecule is CC1(C)OC(=O)N(c2ccccc2)C12C=Cc1ccccc1O2.